The minimum absolute atomic E-state index is 0.130. The maximum Gasteiger partial charge on any atom is 0.317 e. The number of rotatable bonds is 3. The molecule has 0 spiro atoms. The lowest BCUT2D eigenvalue weighted by Gasteiger charge is -2.39. The maximum absolute atomic E-state index is 12.0. The highest BCUT2D eigenvalue weighted by Crippen LogP contribution is 2.47. The lowest BCUT2D eigenvalue weighted by atomic mass is 9.64. The van der Waals surface area contributed by atoms with Gasteiger partial charge in [0.2, 0.25) is 0 Å². The van der Waals surface area contributed by atoms with Crippen LogP contribution in [-0.2, 0) is 28.7 Å². The average Bonchev–Trinajstić information content (AvgIpc) is 2.82. The van der Waals surface area contributed by atoms with Crippen LogP contribution < -0.4 is 0 Å². The van der Waals surface area contributed by atoms with Crippen LogP contribution in [-0.4, -0.2) is 24.4 Å². The first-order valence-electron chi connectivity index (χ1n) is 8.01. The summed E-state index contributed by atoms with van der Waals surface area (Å²) in [5, 5.41) is 0. The summed E-state index contributed by atoms with van der Waals surface area (Å²) in [7, 11) is 0. The number of carbonyl (C=O) groups is 4. The molecule has 1 heterocycles. The Hall–Kier alpha value is -1.72. The van der Waals surface area contributed by atoms with E-state index in [9.17, 15) is 19.2 Å². The number of ether oxygens (including phenoxy) is 2. The predicted molar refractivity (Wildman–Crippen MR) is 73.0 cm³/mol. The van der Waals surface area contributed by atoms with Crippen LogP contribution >= 0.6 is 0 Å². The van der Waals surface area contributed by atoms with Gasteiger partial charge < -0.3 is 9.47 Å². The monoisotopic (exact) mass is 308 g/mol. The summed E-state index contributed by atoms with van der Waals surface area (Å²) in [6.45, 7) is 0.192. The van der Waals surface area contributed by atoms with E-state index >= 15 is 0 Å². The quantitative estimate of drug-likeness (QED) is 0.447. The summed E-state index contributed by atoms with van der Waals surface area (Å²) in [5.41, 5.74) is 0. The molecule has 0 aromatic heterocycles. The first kappa shape index (κ1) is 15.2. The predicted octanol–water partition coefficient (Wildman–Crippen LogP) is 1.61. The standard InChI is InChI=1S/C16H20O6/c17-8-21-14(18)11-4-2-1-3-10(11)9-5-6-12-13(7-9)16(20)22-15(12)19/h8-13H,1-7H2. The van der Waals surface area contributed by atoms with Gasteiger partial charge in [0.05, 0.1) is 17.8 Å². The fraction of sp³-hybridized carbons (Fsp3) is 0.750. The smallest absolute Gasteiger partial charge is 0.317 e. The van der Waals surface area contributed by atoms with Gasteiger partial charge in [0.1, 0.15) is 0 Å². The second kappa shape index (κ2) is 6.18. The lowest BCUT2D eigenvalue weighted by molar-refractivity contribution is -0.158. The second-order valence-corrected chi connectivity index (χ2v) is 6.61. The van der Waals surface area contributed by atoms with E-state index in [4.69, 9.17) is 4.74 Å². The van der Waals surface area contributed by atoms with Crippen molar-refractivity contribution >= 4 is 24.4 Å². The summed E-state index contributed by atoms with van der Waals surface area (Å²) in [6, 6.07) is 0. The molecule has 0 radical (unpaired) electrons. The van der Waals surface area contributed by atoms with E-state index in [1.807, 2.05) is 0 Å². The summed E-state index contributed by atoms with van der Waals surface area (Å²) < 4.78 is 9.30. The topological polar surface area (TPSA) is 86.7 Å². The minimum Gasteiger partial charge on any atom is -0.395 e. The Morgan fingerprint density at radius 2 is 1.77 bits per heavy atom. The minimum atomic E-state index is -0.452. The molecule has 120 valence electrons. The van der Waals surface area contributed by atoms with Gasteiger partial charge in [-0.15, -0.1) is 0 Å². The molecule has 5 atom stereocenters. The normalized spacial score (nSPS) is 38.1. The summed E-state index contributed by atoms with van der Waals surface area (Å²) in [5.74, 6) is -1.84. The van der Waals surface area contributed by atoms with E-state index in [-0.39, 0.29) is 36.1 Å². The van der Waals surface area contributed by atoms with Crippen molar-refractivity contribution in [1.29, 1.82) is 0 Å². The molecular weight excluding hydrogens is 288 g/mol. The van der Waals surface area contributed by atoms with Gasteiger partial charge in [0.25, 0.3) is 0 Å². The molecule has 1 saturated heterocycles. The Morgan fingerprint density at radius 1 is 1.05 bits per heavy atom. The highest BCUT2D eigenvalue weighted by atomic mass is 16.6. The Morgan fingerprint density at radius 3 is 2.55 bits per heavy atom. The van der Waals surface area contributed by atoms with Crippen LogP contribution in [0.15, 0.2) is 0 Å². The zero-order valence-corrected chi connectivity index (χ0v) is 12.4. The van der Waals surface area contributed by atoms with Crippen molar-refractivity contribution in [3.05, 3.63) is 0 Å². The van der Waals surface area contributed by atoms with Crippen LogP contribution in [0.3, 0.4) is 0 Å². The third kappa shape index (κ3) is 2.66. The van der Waals surface area contributed by atoms with Gasteiger partial charge in [-0.1, -0.05) is 12.8 Å². The summed E-state index contributed by atoms with van der Waals surface area (Å²) in [6.07, 6.45) is 5.70. The molecular formula is C16H20O6. The highest BCUT2D eigenvalue weighted by molar-refractivity contribution is 5.96. The van der Waals surface area contributed by atoms with Gasteiger partial charge >= 0.3 is 24.4 Å². The van der Waals surface area contributed by atoms with Gasteiger partial charge in [0, 0.05) is 0 Å². The first-order valence-corrected chi connectivity index (χ1v) is 8.01. The van der Waals surface area contributed by atoms with Gasteiger partial charge in [-0.05, 0) is 43.9 Å². The molecule has 2 aliphatic carbocycles. The lowest BCUT2D eigenvalue weighted by Crippen LogP contribution is -2.38. The van der Waals surface area contributed by atoms with E-state index in [2.05, 4.69) is 4.74 Å². The van der Waals surface area contributed by atoms with Crippen molar-refractivity contribution in [1.82, 2.24) is 0 Å². The molecule has 3 rings (SSSR count). The Bertz CT molecular complexity index is 499. The van der Waals surface area contributed by atoms with Crippen molar-refractivity contribution in [3.63, 3.8) is 0 Å². The Balaban J connectivity index is 1.72. The molecule has 0 N–H and O–H groups in total. The van der Waals surface area contributed by atoms with Crippen molar-refractivity contribution in [2.24, 2.45) is 29.6 Å². The maximum atomic E-state index is 12.0. The van der Waals surface area contributed by atoms with Crippen LogP contribution in [0.5, 0.6) is 0 Å². The highest BCUT2D eigenvalue weighted by Gasteiger charge is 2.50. The molecule has 1 aliphatic heterocycles. The van der Waals surface area contributed by atoms with Crippen LogP contribution in [0, 0.1) is 29.6 Å². The number of hydrogen-bond donors (Lipinski definition) is 0. The fourth-order valence-electron chi connectivity index (χ4n) is 4.54. The van der Waals surface area contributed by atoms with Crippen LogP contribution in [0.25, 0.3) is 0 Å². The van der Waals surface area contributed by atoms with Crippen molar-refractivity contribution in [2.75, 3.05) is 0 Å². The number of hydrogen-bond acceptors (Lipinski definition) is 6. The van der Waals surface area contributed by atoms with Gasteiger partial charge in [0.15, 0.2) is 0 Å². The Labute approximate surface area is 128 Å². The third-order valence-corrected chi connectivity index (χ3v) is 5.59. The molecule has 22 heavy (non-hydrogen) atoms. The molecule has 0 amide bonds. The first-order chi connectivity index (χ1) is 10.6. The molecule has 3 fully saturated rings. The molecule has 3 aliphatic rings. The van der Waals surface area contributed by atoms with Crippen LogP contribution in [0.1, 0.15) is 44.9 Å². The van der Waals surface area contributed by atoms with E-state index in [1.165, 1.54) is 0 Å². The zero-order chi connectivity index (χ0) is 15.7. The van der Waals surface area contributed by atoms with E-state index in [0.29, 0.717) is 12.8 Å². The molecule has 6 nitrogen and oxygen atoms in total. The number of esters is 3. The van der Waals surface area contributed by atoms with E-state index < -0.39 is 17.9 Å². The zero-order valence-electron chi connectivity index (χ0n) is 12.4. The SMILES string of the molecule is O=COC(=O)C1CCCCC1C1CCC2C(=O)OC(=O)C2C1. The van der Waals surface area contributed by atoms with Crippen molar-refractivity contribution < 1.29 is 28.7 Å². The number of cyclic esters (lactones) is 2. The largest absolute Gasteiger partial charge is 0.395 e. The molecule has 5 unspecified atom stereocenters. The van der Waals surface area contributed by atoms with Crippen LogP contribution in [0.4, 0.5) is 0 Å². The molecule has 6 heteroatoms. The fourth-order valence-corrected chi connectivity index (χ4v) is 4.54. The van der Waals surface area contributed by atoms with Crippen molar-refractivity contribution in [2.45, 2.75) is 44.9 Å². The van der Waals surface area contributed by atoms with E-state index in [1.54, 1.807) is 0 Å². The second-order valence-electron chi connectivity index (χ2n) is 6.61. The van der Waals surface area contributed by atoms with Gasteiger partial charge in [-0.2, -0.15) is 0 Å². The van der Waals surface area contributed by atoms with Gasteiger partial charge in [-0.3, -0.25) is 19.2 Å². The number of fused-ring (bicyclic) bond motifs is 1. The number of carbonyl (C=O) groups excluding carboxylic acids is 4. The van der Waals surface area contributed by atoms with Gasteiger partial charge in [-0.25, -0.2) is 0 Å². The van der Waals surface area contributed by atoms with Crippen LogP contribution in [0.2, 0.25) is 0 Å². The average molecular weight is 308 g/mol. The molecule has 0 bridgehead atoms. The molecule has 0 aromatic carbocycles. The molecule has 0 aromatic rings. The Kier molecular flexibility index (Phi) is 4.27. The summed E-state index contributed by atoms with van der Waals surface area (Å²) >= 11 is 0. The van der Waals surface area contributed by atoms with E-state index in [0.717, 1.165) is 32.1 Å². The molecule has 2 saturated carbocycles. The third-order valence-electron chi connectivity index (χ3n) is 5.59. The summed E-state index contributed by atoms with van der Waals surface area (Å²) in [4.78, 5) is 45.8. The van der Waals surface area contributed by atoms with Crippen molar-refractivity contribution in [3.8, 4) is 0 Å².